The van der Waals surface area contributed by atoms with Gasteiger partial charge in [-0.3, -0.25) is 9.48 Å². The number of rotatable bonds is 4. The molecule has 1 heterocycles. The van der Waals surface area contributed by atoms with Gasteiger partial charge in [-0.25, -0.2) is 0 Å². The molecule has 0 fully saturated rings. The van der Waals surface area contributed by atoms with Gasteiger partial charge < -0.3 is 11.1 Å². The van der Waals surface area contributed by atoms with E-state index in [0.29, 0.717) is 5.69 Å². The van der Waals surface area contributed by atoms with E-state index in [1.165, 1.54) is 17.1 Å². The highest BCUT2D eigenvalue weighted by Crippen LogP contribution is 2.18. The van der Waals surface area contributed by atoms with Crippen molar-refractivity contribution in [1.29, 1.82) is 0 Å². The van der Waals surface area contributed by atoms with Gasteiger partial charge in [0.1, 0.15) is 6.42 Å². The molecule has 1 aromatic heterocycles. The Hall–Kier alpha value is -1.73. The van der Waals surface area contributed by atoms with Gasteiger partial charge in [-0.1, -0.05) is 0 Å². The van der Waals surface area contributed by atoms with Crippen molar-refractivity contribution in [1.82, 2.24) is 15.1 Å². The highest BCUT2D eigenvalue weighted by molar-refractivity contribution is 5.76. The lowest BCUT2D eigenvalue weighted by molar-refractivity contribution is -0.153. The molecule has 5 nitrogen and oxygen atoms in total. The Morgan fingerprint density at radius 3 is 2.75 bits per heavy atom. The SMILES string of the molecule is Nc1cnn(CCNC(=O)CC(F)(F)F)c1. The molecule has 0 aliphatic rings. The van der Waals surface area contributed by atoms with Crippen molar-refractivity contribution in [2.45, 2.75) is 19.1 Å². The van der Waals surface area contributed by atoms with Crippen molar-refractivity contribution in [2.24, 2.45) is 0 Å². The fraction of sp³-hybridized carbons (Fsp3) is 0.500. The van der Waals surface area contributed by atoms with Crippen LogP contribution in [0, 0.1) is 0 Å². The third-order valence-electron chi connectivity index (χ3n) is 1.68. The van der Waals surface area contributed by atoms with Gasteiger partial charge >= 0.3 is 6.18 Å². The summed E-state index contributed by atoms with van der Waals surface area (Å²) in [6, 6.07) is 0. The number of carbonyl (C=O) groups excluding carboxylic acids is 1. The molecule has 0 unspecified atom stereocenters. The number of aromatic nitrogens is 2. The van der Waals surface area contributed by atoms with Gasteiger partial charge in [-0.05, 0) is 0 Å². The number of hydrogen-bond donors (Lipinski definition) is 2. The zero-order chi connectivity index (χ0) is 12.2. The number of amides is 1. The minimum atomic E-state index is -4.47. The van der Waals surface area contributed by atoms with E-state index in [1.54, 1.807) is 0 Å². The average Bonchev–Trinajstić information content (AvgIpc) is 2.48. The molecular weight excluding hydrogens is 225 g/mol. The Bertz CT molecular complexity index is 360. The van der Waals surface area contributed by atoms with Crippen LogP contribution < -0.4 is 11.1 Å². The summed E-state index contributed by atoms with van der Waals surface area (Å²) in [5.74, 6) is -1.05. The molecule has 0 saturated heterocycles. The number of nitrogens with one attached hydrogen (secondary N) is 1. The number of carbonyl (C=O) groups is 1. The molecule has 0 atom stereocenters. The number of alkyl halides is 3. The van der Waals surface area contributed by atoms with Crippen molar-refractivity contribution in [3.05, 3.63) is 12.4 Å². The van der Waals surface area contributed by atoms with Crippen LogP contribution in [-0.4, -0.2) is 28.4 Å². The maximum atomic E-state index is 11.8. The standard InChI is InChI=1S/C8H11F3N4O/c9-8(10,11)3-7(16)13-1-2-15-5-6(12)4-14-15/h4-5H,1-3,12H2,(H,13,16). The minimum absolute atomic E-state index is 0.0794. The normalized spacial score (nSPS) is 11.4. The number of nitrogens with zero attached hydrogens (tertiary/aromatic N) is 2. The summed E-state index contributed by atoms with van der Waals surface area (Å²) in [6.45, 7) is 0.358. The van der Waals surface area contributed by atoms with E-state index < -0.39 is 18.5 Å². The van der Waals surface area contributed by atoms with Crippen LogP contribution in [0.25, 0.3) is 0 Å². The lowest BCUT2D eigenvalue weighted by Gasteiger charge is -2.07. The van der Waals surface area contributed by atoms with Crippen LogP contribution in [0.2, 0.25) is 0 Å². The van der Waals surface area contributed by atoms with Gasteiger partial charge in [0.15, 0.2) is 0 Å². The number of hydrogen-bond acceptors (Lipinski definition) is 3. The molecule has 0 radical (unpaired) electrons. The second-order valence-electron chi connectivity index (χ2n) is 3.18. The molecule has 16 heavy (non-hydrogen) atoms. The van der Waals surface area contributed by atoms with E-state index in [9.17, 15) is 18.0 Å². The zero-order valence-electron chi connectivity index (χ0n) is 8.29. The van der Waals surface area contributed by atoms with Crippen molar-refractivity contribution in [2.75, 3.05) is 12.3 Å². The Morgan fingerprint density at radius 1 is 1.56 bits per heavy atom. The van der Waals surface area contributed by atoms with Gasteiger partial charge in [0, 0.05) is 12.7 Å². The second kappa shape index (κ2) is 4.86. The molecular formula is C8H11F3N4O. The fourth-order valence-corrected chi connectivity index (χ4v) is 1.06. The van der Waals surface area contributed by atoms with Crippen LogP contribution in [0.1, 0.15) is 6.42 Å². The first-order valence-electron chi connectivity index (χ1n) is 4.48. The number of nitrogen functional groups attached to an aromatic ring is 1. The van der Waals surface area contributed by atoms with E-state index in [0.717, 1.165) is 0 Å². The van der Waals surface area contributed by atoms with E-state index in [1.807, 2.05) is 0 Å². The van der Waals surface area contributed by atoms with E-state index >= 15 is 0 Å². The number of anilines is 1. The summed E-state index contributed by atoms with van der Waals surface area (Å²) >= 11 is 0. The summed E-state index contributed by atoms with van der Waals surface area (Å²) in [7, 11) is 0. The van der Waals surface area contributed by atoms with Crippen molar-refractivity contribution >= 4 is 11.6 Å². The van der Waals surface area contributed by atoms with Crippen LogP contribution >= 0.6 is 0 Å². The first-order chi connectivity index (χ1) is 7.37. The molecule has 0 aliphatic carbocycles. The van der Waals surface area contributed by atoms with Crippen molar-refractivity contribution in [3.63, 3.8) is 0 Å². The topological polar surface area (TPSA) is 72.9 Å². The first-order valence-corrected chi connectivity index (χ1v) is 4.48. The third kappa shape index (κ3) is 4.67. The third-order valence-corrected chi connectivity index (χ3v) is 1.68. The molecule has 0 aliphatic heterocycles. The Balaban J connectivity index is 2.23. The predicted octanol–water partition coefficient (Wildman–Crippen LogP) is 0.534. The Kier molecular flexibility index (Phi) is 3.75. The molecule has 90 valence electrons. The molecule has 0 aromatic carbocycles. The van der Waals surface area contributed by atoms with E-state index in [2.05, 4.69) is 10.4 Å². The second-order valence-corrected chi connectivity index (χ2v) is 3.18. The van der Waals surface area contributed by atoms with E-state index in [4.69, 9.17) is 5.73 Å². The first kappa shape index (κ1) is 12.3. The molecule has 0 spiro atoms. The Morgan fingerprint density at radius 2 is 2.25 bits per heavy atom. The summed E-state index contributed by atoms with van der Waals surface area (Å²) in [6.07, 6.45) is -3.00. The highest BCUT2D eigenvalue weighted by atomic mass is 19.4. The summed E-state index contributed by atoms with van der Waals surface area (Å²) in [5.41, 5.74) is 5.83. The molecule has 1 aromatic rings. The maximum Gasteiger partial charge on any atom is 0.397 e. The van der Waals surface area contributed by atoms with Crippen LogP contribution in [0.3, 0.4) is 0 Å². The van der Waals surface area contributed by atoms with Gasteiger partial charge in [-0.2, -0.15) is 18.3 Å². The van der Waals surface area contributed by atoms with Crippen LogP contribution in [0.4, 0.5) is 18.9 Å². The van der Waals surface area contributed by atoms with E-state index in [-0.39, 0.29) is 13.1 Å². The van der Waals surface area contributed by atoms with Gasteiger partial charge in [0.05, 0.1) is 18.4 Å². The predicted molar refractivity (Wildman–Crippen MR) is 50.3 cm³/mol. The smallest absolute Gasteiger partial charge is 0.396 e. The molecule has 1 amide bonds. The van der Waals surface area contributed by atoms with Gasteiger partial charge in [-0.15, -0.1) is 0 Å². The maximum absolute atomic E-state index is 11.8. The number of nitrogens with two attached hydrogens (primary N) is 1. The fourth-order valence-electron chi connectivity index (χ4n) is 1.06. The monoisotopic (exact) mass is 236 g/mol. The minimum Gasteiger partial charge on any atom is -0.396 e. The van der Waals surface area contributed by atoms with Crippen LogP contribution in [0.5, 0.6) is 0 Å². The van der Waals surface area contributed by atoms with Gasteiger partial charge in [0.2, 0.25) is 5.91 Å². The summed E-state index contributed by atoms with van der Waals surface area (Å²) in [5, 5.41) is 5.94. The largest absolute Gasteiger partial charge is 0.397 e. The Labute approximate surface area is 89.4 Å². The quantitative estimate of drug-likeness (QED) is 0.801. The van der Waals surface area contributed by atoms with Gasteiger partial charge in [0.25, 0.3) is 0 Å². The molecule has 8 heteroatoms. The highest BCUT2D eigenvalue weighted by Gasteiger charge is 2.30. The van der Waals surface area contributed by atoms with Crippen LogP contribution in [-0.2, 0) is 11.3 Å². The lowest BCUT2D eigenvalue weighted by Crippen LogP contribution is -2.31. The molecule has 3 N–H and O–H groups in total. The summed E-state index contributed by atoms with van der Waals surface area (Å²) < 4.78 is 36.7. The molecule has 0 saturated carbocycles. The number of halogens is 3. The lowest BCUT2D eigenvalue weighted by atomic mass is 10.4. The summed E-state index contributed by atoms with van der Waals surface area (Å²) in [4.78, 5) is 10.8. The van der Waals surface area contributed by atoms with Crippen LogP contribution in [0.15, 0.2) is 12.4 Å². The van der Waals surface area contributed by atoms with Crippen molar-refractivity contribution < 1.29 is 18.0 Å². The van der Waals surface area contributed by atoms with Crippen molar-refractivity contribution in [3.8, 4) is 0 Å². The molecule has 1 rings (SSSR count). The average molecular weight is 236 g/mol. The molecule has 0 bridgehead atoms. The zero-order valence-corrected chi connectivity index (χ0v) is 8.29.